The van der Waals surface area contributed by atoms with Gasteiger partial charge in [0.1, 0.15) is 0 Å². The molecule has 1 aliphatic heterocycles. The Kier molecular flexibility index (Phi) is 5.64. The number of hydrogen-bond donors (Lipinski definition) is 2. The molecular formula is C20H31N3O2. The summed E-state index contributed by atoms with van der Waals surface area (Å²) in [4.78, 5) is 4.81. The maximum absolute atomic E-state index is 6.22. The molecule has 25 heavy (non-hydrogen) atoms. The first-order valence-electron chi connectivity index (χ1n) is 9.45. The highest BCUT2D eigenvalue weighted by Crippen LogP contribution is 2.52. The topological polar surface area (TPSA) is 68.9 Å². The number of benzene rings is 1. The first-order valence-corrected chi connectivity index (χ1v) is 9.45. The lowest BCUT2D eigenvalue weighted by molar-refractivity contribution is -0.163. The van der Waals surface area contributed by atoms with E-state index in [0.29, 0.717) is 11.9 Å². The Hall–Kier alpha value is -1.59. The molecule has 5 nitrogen and oxygen atoms in total. The summed E-state index contributed by atoms with van der Waals surface area (Å²) in [5.74, 6) is 0.982. The van der Waals surface area contributed by atoms with Crippen molar-refractivity contribution in [2.75, 3.05) is 25.1 Å². The van der Waals surface area contributed by atoms with Crippen LogP contribution in [0.3, 0.4) is 0 Å². The molecule has 2 fully saturated rings. The Morgan fingerprint density at radius 3 is 2.84 bits per heavy atom. The zero-order valence-electron chi connectivity index (χ0n) is 15.6. The Morgan fingerprint density at radius 1 is 1.40 bits per heavy atom. The van der Waals surface area contributed by atoms with E-state index in [4.69, 9.17) is 20.2 Å². The van der Waals surface area contributed by atoms with Gasteiger partial charge in [-0.2, -0.15) is 0 Å². The summed E-state index contributed by atoms with van der Waals surface area (Å²) in [5, 5.41) is 3.26. The zero-order valence-corrected chi connectivity index (χ0v) is 15.6. The average molecular weight is 345 g/mol. The number of ether oxygens (including phenoxy) is 2. The number of nitrogens with one attached hydrogen (secondary N) is 1. The van der Waals surface area contributed by atoms with Crippen molar-refractivity contribution in [2.45, 2.75) is 58.1 Å². The standard InChI is InChI=1S/C20H31N3O2/c1-4-25-18-13-17(20(18)8-10-24-11-9-20)23-19(21)22-16-7-5-6-15(12-16)14(2)3/h5-7,12,14,17-18H,4,8-11,13H2,1-3H3,(H3,21,22,23). The molecule has 0 aromatic heterocycles. The molecule has 1 saturated carbocycles. The van der Waals surface area contributed by atoms with Crippen molar-refractivity contribution in [1.29, 1.82) is 0 Å². The van der Waals surface area contributed by atoms with Crippen LogP contribution in [0, 0.1) is 5.41 Å². The van der Waals surface area contributed by atoms with Crippen LogP contribution in [-0.4, -0.2) is 37.9 Å². The Bertz CT molecular complexity index is 609. The molecule has 1 saturated heterocycles. The highest BCUT2D eigenvalue weighted by molar-refractivity contribution is 5.92. The van der Waals surface area contributed by atoms with Crippen molar-refractivity contribution in [3.8, 4) is 0 Å². The van der Waals surface area contributed by atoms with Crippen LogP contribution in [0.5, 0.6) is 0 Å². The lowest BCUT2D eigenvalue weighted by Gasteiger charge is -2.55. The third kappa shape index (κ3) is 3.82. The van der Waals surface area contributed by atoms with Gasteiger partial charge in [0.05, 0.1) is 12.1 Å². The summed E-state index contributed by atoms with van der Waals surface area (Å²) in [7, 11) is 0. The van der Waals surface area contributed by atoms with Gasteiger partial charge in [0, 0.05) is 30.9 Å². The number of guanidine groups is 1. The number of rotatable bonds is 5. The largest absolute Gasteiger partial charge is 0.381 e. The lowest BCUT2D eigenvalue weighted by atomic mass is 9.58. The first kappa shape index (κ1) is 18.2. The molecule has 3 N–H and O–H groups in total. The van der Waals surface area contributed by atoms with Gasteiger partial charge in [-0.15, -0.1) is 0 Å². The van der Waals surface area contributed by atoms with Crippen LogP contribution in [0.15, 0.2) is 29.3 Å². The maximum atomic E-state index is 6.22. The summed E-state index contributed by atoms with van der Waals surface area (Å²) in [6.45, 7) is 8.76. The third-order valence-electron chi connectivity index (χ3n) is 5.65. The second kappa shape index (κ2) is 7.75. The molecule has 138 valence electrons. The lowest BCUT2D eigenvalue weighted by Crippen LogP contribution is -2.60. The zero-order chi connectivity index (χ0) is 17.9. The Balaban J connectivity index is 1.70. The van der Waals surface area contributed by atoms with Crippen LogP contribution < -0.4 is 11.1 Å². The minimum absolute atomic E-state index is 0.0976. The molecule has 1 aliphatic carbocycles. The van der Waals surface area contributed by atoms with Crippen LogP contribution in [0.4, 0.5) is 5.69 Å². The molecule has 1 aromatic carbocycles. The van der Waals surface area contributed by atoms with Crippen molar-refractivity contribution >= 4 is 11.6 Å². The van der Waals surface area contributed by atoms with Gasteiger partial charge in [-0.3, -0.25) is 0 Å². The summed E-state index contributed by atoms with van der Waals surface area (Å²) in [5.41, 5.74) is 8.60. The monoisotopic (exact) mass is 345 g/mol. The highest BCUT2D eigenvalue weighted by Gasteiger charge is 2.56. The minimum atomic E-state index is 0.0976. The predicted molar refractivity (Wildman–Crippen MR) is 102 cm³/mol. The molecule has 0 amide bonds. The van der Waals surface area contributed by atoms with E-state index in [1.54, 1.807) is 0 Å². The van der Waals surface area contributed by atoms with Gasteiger partial charge in [0.15, 0.2) is 5.96 Å². The van der Waals surface area contributed by atoms with Crippen molar-refractivity contribution in [3.63, 3.8) is 0 Å². The fraction of sp³-hybridized carbons (Fsp3) is 0.650. The Labute approximate surface area is 151 Å². The molecule has 2 unspecified atom stereocenters. The Morgan fingerprint density at radius 2 is 2.16 bits per heavy atom. The van der Waals surface area contributed by atoms with Gasteiger partial charge >= 0.3 is 0 Å². The molecule has 1 heterocycles. The molecule has 0 bridgehead atoms. The van der Waals surface area contributed by atoms with Gasteiger partial charge in [0.25, 0.3) is 0 Å². The van der Waals surface area contributed by atoms with Gasteiger partial charge < -0.3 is 20.5 Å². The number of hydrogen-bond acceptors (Lipinski definition) is 3. The van der Waals surface area contributed by atoms with Crippen molar-refractivity contribution in [2.24, 2.45) is 16.1 Å². The predicted octanol–water partition coefficient (Wildman–Crippen LogP) is 3.51. The van der Waals surface area contributed by atoms with Crippen molar-refractivity contribution in [3.05, 3.63) is 29.8 Å². The minimum Gasteiger partial charge on any atom is -0.381 e. The molecular weight excluding hydrogens is 314 g/mol. The van der Waals surface area contributed by atoms with E-state index in [1.165, 1.54) is 5.56 Å². The smallest absolute Gasteiger partial charge is 0.193 e. The van der Waals surface area contributed by atoms with Gasteiger partial charge in [-0.05, 0) is 49.8 Å². The van der Waals surface area contributed by atoms with Crippen molar-refractivity contribution < 1.29 is 9.47 Å². The molecule has 0 radical (unpaired) electrons. The van der Waals surface area contributed by atoms with Crippen LogP contribution >= 0.6 is 0 Å². The summed E-state index contributed by atoms with van der Waals surface area (Å²) < 4.78 is 11.5. The average Bonchev–Trinajstić information content (AvgIpc) is 2.62. The van der Waals surface area contributed by atoms with Crippen molar-refractivity contribution in [1.82, 2.24) is 0 Å². The van der Waals surface area contributed by atoms with Crippen LogP contribution in [-0.2, 0) is 9.47 Å². The highest BCUT2D eigenvalue weighted by atomic mass is 16.5. The molecule has 2 aliphatic rings. The number of aliphatic imine (C=N–C) groups is 1. The first-order chi connectivity index (χ1) is 12.0. The van der Waals surface area contributed by atoms with Gasteiger partial charge in [-0.25, -0.2) is 4.99 Å². The van der Waals surface area contributed by atoms with E-state index < -0.39 is 0 Å². The fourth-order valence-corrected chi connectivity index (χ4v) is 4.07. The molecule has 3 rings (SSSR count). The maximum Gasteiger partial charge on any atom is 0.193 e. The second-order valence-corrected chi connectivity index (χ2v) is 7.46. The molecule has 1 aromatic rings. The fourth-order valence-electron chi connectivity index (χ4n) is 4.07. The van der Waals surface area contributed by atoms with E-state index >= 15 is 0 Å². The van der Waals surface area contributed by atoms with Crippen LogP contribution in [0.2, 0.25) is 0 Å². The van der Waals surface area contributed by atoms with Crippen LogP contribution in [0.25, 0.3) is 0 Å². The van der Waals surface area contributed by atoms with E-state index in [2.05, 4.69) is 44.3 Å². The SMILES string of the molecule is CCOC1CC(N=C(N)Nc2cccc(C(C)C)c2)C12CCOCC2. The van der Waals surface area contributed by atoms with Gasteiger partial charge in [0.2, 0.25) is 0 Å². The van der Waals surface area contributed by atoms with E-state index in [1.807, 2.05) is 6.07 Å². The van der Waals surface area contributed by atoms with Crippen LogP contribution in [0.1, 0.15) is 51.5 Å². The third-order valence-corrected chi connectivity index (χ3v) is 5.65. The quantitative estimate of drug-likeness (QED) is 0.633. The number of nitrogens with zero attached hydrogens (tertiary/aromatic N) is 1. The van der Waals surface area contributed by atoms with E-state index in [9.17, 15) is 0 Å². The summed E-state index contributed by atoms with van der Waals surface area (Å²) in [6, 6.07) is 8.58. The van der Waals surface area contributed by atoms with Gasteiger partial charge in [-0.1, -0.05) is 26.0 Å². The molecule has 1 spiro atoms. The summed E-state index contributed by atoms with van der Waals surface area (Å²) >= 11 is 0. The summed E-state index contributed by atoms with van der Waals surface area (Å²) in [6.07, 6.45) is 3.24. The second-order valence-electron chi connectivity index (χ2n) is 7.46. The molecule has 5 heteroatoms. The number of anilines is 1. The number of nitrogens with two attached hydrogens (primary N) is 1. The normalized spacial score (nSPS) is 25.8. The van der Waals surface area contributed by atoms with E-state index in [-0.39, 0.29) is 17.6 Å². The molecule has 2 atom stereocenters. The van der Waals surface area contributed by atoms with E-state index in [0.717, 1.165) is 44.8 Å².